The molecule has 27 heavy (non-hydrogen) atoms. The lowest BCUT2D eigenvalue weighted by molar-refractivity contribution is 0.0758. The maximum atomic E-state index is 12.7. The maximum absolute atomic E-state index is 12.7. The highest BCUT2D eigenvalue weighted by Crippen LogP contribution is 2.28. The van der Waals surface area contributed by atoms with Gasteiger partial charge in [0.1, 0.15) is 5.75 Å². The number of nitrogens with zero attached hydrogens (tertiary/aromatic N) is 1. The van der Waals surface area contributed by atoms with Crippen LogP contribution in [0.1, 0.15) is 68.1 Å². The van der Waals surface area contributed by atoms with Crippen molar-refractivity contribution in [2.45, 2.75) is 63.3 Å². The molecule has 0 radical (unpaired) electrons. The van der Waals surface area contributed by atoms with E-state index < -0.39 is 5.54 Å². The van der Waals surface area contributed by atoms with E-state index in [1.165, 1.54) is 38.8 Å². The first-order valence-corrected chi connectivity index (χ1v) is 10.6. The molecule has 2 fully saturated rings. The zero-order chi connectivity index (χ0) is 19.0. The number of piperidine rings is 1. The van der Waals surface area contributed by atoms with Crippen molar-refractivity contribution in [3.8, 4) is 5.75 Å². The Morgan fingerprint density at radius 3 is 2.59 bits per heavy atom. The number of hydrogen-bond donors (Lipinski definition) is 2. The van der Waals surface area contributed by atoms with Gasteiger partial charge in [-0.25, -0.2) is 0 Å². The van der Waals surface area contributed by atoms with E-state index in [-0.39, 0.29) is 12.5 Å². The molecule has 1 heterocycles. The first-order valence-electron chi connectivity index (χ1n) is 10.6. The third-order valence-corrected chi connectivity index (χ3v) is 5.92. The fourth-order valence-corrected chi connectivity index (χ4v) is 4.25. The van der Waals surface area contributed by atoms with Crippen LogP contribution in [0.3, 0.4) is 0 Å². The van der Waals surface area contributed by atoms with Gasteiger partial charge < -0.3 is 20.1 Å². The highest BCUT2D eigenvalue weighted by molar-refractivity contribution is 5.95. The van der Waals surface area contributed by atoms with Crippen LogP contribution in [0.2, 0.25) is 0 Å². The van der Waals surface area contributed by atoms with Crippen molar-refractivity contribution in [2.75, 3.05) is 32.8 Å². The van der Waals surface area contributed by atoms with Crippen LogP contribution in [0.4, 0.5) is 0 Å². The van der Waals surface area contributed by atoms with Crippen LogP contribution in [0.5, 0.6) is 5.75 Å². The van der Waals surface area contributed by atoms with Crippen LogP contribution in [0, 0.1) is 0 Å². The summed E-state index contributed by atoms with van der Waals surface area (Å²) in [4.78, 5) is 15.2. The minimum atomic E-state index is -0.458. The molecule has 150 valence electrons. The smallest absolute Gasteiger partial charge is 0.251 e. The molecule has 1 aromatic carbocycles. The van der Waals surface area contributed by atoms with Gasteiger partial charge in [-0.1, -0.05) is 31.7 Å². The van der Waals surface area contributed by atoms with Gasteiger partial charge in [-0.15, -0.1) is 0 Å². The maximum Gasteiger partial charge on any atom is 0.251 e. The second kappa shape index (κ2) is 10.1. The van der Waals surface area contributed by atoms with Crippen LogP contribution >= 0.6 is 0 Å². The predicted octanol–water partition coefficient (Wildman–Crippen LogP) is 3.37. The van der Waals surface area contributed by atoms with Crippen LogP contribution in [0.25, 0.3) is 0 Å². The standard InChI is InChI=1S/C22H34N2O3/c25-18-22(11-3-1-4-12-22)23-21(26)19-9-7-10-20(17-19)27-16-8-15-24-13-5-2-6-14-24/h7,9-10,17,25H,1-6,8,11-16,18H2,(H,23,26). The van der Waals surface area contributed by atoms with Gasteiger partial charge in [-0.05, 0) is 63.4 Å². The number of hydrogen-bond acceptors (Lipinski definition) is 4. The number of nitrogens with one attached hydrogen (secondary N) is 1. The molecule has 1 aromatic rings. The zero-order valence-electron chi connectivity index (χ0n) is 16.4. The molecule has 0 aromatic heterocycles. The number of carbonyl (C=O) groups is 1. The van der Waals surface area contributed by atoms with E-state index >= 15 is 0 Å². The Morgan fingerprint density at radius 2 is 1.85 bits per heavy atom. The van der Waals surface area contributed by atoms with Crippen LogP contribution in [-0.2, 0) is 0 Å². The molecule has 1 aliphatic heterocycles. The van der Waals surface area contributed by atoms with Crippen molar-refractivity contribution in [3.63, 3.8) is 0 Å². The number of carbonyl (C=O) groups excluding carboxylic acids is 1. The summed E-state index contributed by atoms with van der Waals surface area (Å²) < 4.78 is 5.87. The molecule has 5 nitrogen and oxygen atoms in total. The van der Waals surface area contributed by atoms with Gasteiger partial charge in [0.05, 0.1) is 18.8 Å². The molecule has 1 aliphatic carbocycles. The number of benzene rings is 1. The van der Waals surface area contributed by atoms with Gasteiger partial charge in [0, 0.05) is 12.1 Å². The molecule has 1 saturated carbocycles. The van der Waals surface area contributed by atoms with Crippen molar-refractivity contribution >= 4 is 5.91 Å². The van der Waals surface area contributed by atoms with Crippen molar-refractivity contribution in [1.82, 2.24) is 10.2 Å². The topological polar surface area (TPSA) is 61.8 Å². The van der Waals surface area contributed by atoms with E-state index in [1.54, 1.807) is 0 Å². The molecule has 1 saturated heterocycles. The summed E-state index contributed by atoms with van der Waals surface area (Å²) in [6, 6.07) is 7.38. The number of likely N-dealkylation sites (tertiary alicyclic amines) is 1. The van der Waals surface area contributed by atoms with E-state index in [4.69, 9.17) is 4.74 Å². The monoisotopic (exact) mass is 374 g/mol. The molecule has 5 heteroatoms. The highest BCUT2D eigenvalue weighted by Gasteiger charge is 2.33. The molecule has 0 spiro atoms. The molecule has 0 bridgehead atoms. The summed E-state index contributed by atoms with van der Waals surface area (Å²) in [6.45, 7) is 4.18. The van der Waals surface area contributed by atoms with Gasteiger partial charge >= 0.3 is 0 Å². The molecular weight excluding hydrogens is 340 g/mol. The first kappa shape index (κ1) is 20.2. The summed E-state index contributed by atoms with van der Waals surface area (Å²) in [5.41, 5.74) is 0.141. The van der Waals surface area contributed by atoms with Crippen LogP contribution in [0.15, 0.2) is 24.3 Å². The fourth-order valence-electron chi connectivity index (χ4n) is 4.25. The minimum absolute atomic E-state index is 0.00539. The molecular formula is C22H34N2O3. The van der Waals surface area contributed by atoms with Gasteiger partial charge in [0.2, 0.25) is 0 Å². The van der Waals surface area contributed by atoms with Crippen molar-refractivity contribution < 1.29 is 14.6 Å². The van der Waals surface area contributed by atoms with E-state index in [2.05, 4.69) is 10.2 Å². The second-order valence-electron chi connectivity index (χ2n) is 8.09. The third-order valence-electron chi connectivity index (χ3n) is 5.92. The van der Waals surface area contributed by atoms with Crippen molar-refractivity contribution in [2.24, 2.45) is 0 Å². The van der Waals surface area contributed by atoms with Crippen molar-refractivity contribution in [3.05, 3.63) is 29.8 Å². The molecule has 0 atom stereocenters. The molecule has 1 amide bonds. The van der Waals surface area contributed by atoms with Crippen LogP contribution in [-0.4, -0.2) is 54.3 Å². The number of ether oxygens (including phenoxy) is 1. The van der Waals surface area contributed by atoms with E-state index in [0.29, 0.717) is 12.2 Å². The largest absolute Gasteiger partial charge is 0.494 e. The average molecular weight is 375 g/mol. The van der Waals surface area contributed by atoms with Gasteiger partial charge in [0.15, 0.2) is 0 Å². The van der Waals surface area contributed by atoms with Crippen LogP contribution < -0.4 is 10.1 Å². The summed E-state index contributed by atoms with van der Waals surface area (Å²) in [5, 5.41) is 12.9. The summed E-state index contributed by atoms with van der Waals surface area (Å²) >= 11 is 0. The Kier molecular flexibility index (Phi) is 7.53. The lowest BCUT2D eigenvalue weighted by Crippen LogP contribution is -2.52. The highest BCUT2D eigenvalue weighted by atomic mass is 16.5. The molecule has 2 N–H and O–H groups in total. The summed E-state index contributed by atoms with van der Waals surface area (Å²) in [6.07, 6.45) is 9.98. The molecule has 2 aliphatic rings. The van der Waals surface area contributed by atoms with E-state index in [9.17, 15) is 9.90 Å². The number of aliphatic hydroxyl groups is 1. The quantitative estimate of drug-likeness (QED) is 0.685. The average Bonchev–Trinajstić information content (AvgIpc) is 2.73. The Labute approximate surface area is 163 Å². The first-order chi connectivity index (χ1) is 13.2. The number of aliphatic hydroxyl groups excluding tert-OH is 1. The van der Waals surface area contributed by atoms with Gasteiger partial charge in [0.25, 0.3) is 5.91 Å². The Balaban J connectivity index is 1.48. The Hall–Kier alpha value is -1.59. The lowest BCUT2D eigenvalue weighted by atomic mass is 9.82. The van der Waals surface area contributed by atoms with Crippen molar-refractivity contribution in [1.29, 1.82) is 0 Å². The Bertz CT molecular complexity index is 593. The number of amides is 1. The fraction of sp³-hybridized carbons (Fsp3) is 0.682. The summed E-state index contributed by atoms with van der Waals surface area (Å²) in [5.74, 6) is 0.618. The second-order valence-corrected chi connectivity index (χ2v) is 8.09. The number of rotatable bonds is 8. The normalized spacial score (nSPS) is 20.2. The minimum Gasteiger partial charge on any atom is -0.494 e. The van der Waals surface area contributed by atoms with E-state index in [1.807, 2.05) is 24.3 Å². The summed E-state index contributed by atoms with van der Waals surface area (Å²) in [7, 11) is 0. The van der Waals surface area contributed by atoms with Gasteiger partial charge in [-0.3, -0.25) is 4.79 Å². The van der Waals surface area contributed by atoms with Gasteiger partial charge in [-0.2, -0.15) is 0 Å². The Morgan fingerprint density at radius 1 is 1.11 bits per heavy atom. The SMILES string of the molecule is O=C(NC1(CO)CCCCC1)c1cccc(OCCCN2CCCCC2)c1. The molecule has 3 rings (SSSR count). The lowest BCUT2D eigenvalue weighted by Gasteiger charge is -2.36. The predicted molar refractivity (Wildman–Crippen MR) is 107 cm³/mol. The molecule has 0 unspecified atom stereocenters. The third kappa shape index (κ3) is 5.94. The zero-order valence-corrected chi connectivity index (χ0v) is 16.4. The van der Waals surface area contributed by atoms with E-state index in [0.717, 1.165) is 44.4 Å².